The Morgan fingerprint density at radius 2 is 2.15 bits per heavy atom. The Balaban J connectivity index is 2.68. The summed E-state index contributed by atoms with van der Waals surface area (Å²) < 4.78 is 1.89. The molecule has 0 radical (unpaired) electrons. The van der Waals surface area contributed by atoms with Crippen LogP contribution in [0.25, 0.3) is 0 Å². The molecule has 0 saturated carbocycles. The first-order valence-corrected chi connectivity index (χ1v) is 7.11. The summed E-state index contributed by atoms with van der Waals surface area (Å²) in [5.41, 5.74) is -0.316. The van der Waals surface area contributed by atoms with E-state index in [0.717, 1.165) is 6.42 Å². The van der Waals surface area contributed by atoms with Crippen LogP contribution < -0.4 is 10.9 Å². The predicted octanol–water partition coefficient (Wildman–Crippen LogP) is 1.37. The number of aliphatic carboxylic acids is 1. The molecule has 1 aromatic heterocycles. The van der Waals surface area contributed by atoms with Gasteiger partial charge in [0, 0.05) is 16.7 Å². The summed E-state index contributed by atoms with van der Waals surface area (Å²) >= 11 is 3.21. The molecule has 1 amide bonds. The Bertz CT molecular complexity index is 541. The molecule has 2 N–H and O–H groups in total. The highest BCUT2D eigenvalue weighted by Crippen LogP contribution is 2.05. The third-order valence-corrected chi connectivity index (χ3v) is 3.21. The molecule has 1 aromatic rings. The summed E-state index contributed by atoms with van der Waals surface area (Å²) in [6.07, 6.45) is 3.44. The molecule has 0 fully saturated rings. The van der Waals surface area contributed by atoms with Crippen molar-refractivity contribution in [2.24, 2.45) is 0 Å². The first kappa shape index (κ1) is 16.4. The van der Waals surface area contributed by atoms with Crippen LogP contribution >= 0.6 is 15.9 Å². The highest BCUT2D eigenvalue weighted by Gasteiger charge is 2.19. The number of aromatic nitrogens is 1. The molecule has 1 heterocycles. The zero-order chi connectivity index (χ0) is 15.1. The molecule has 0 aliphatic carbocycles. The number of hydrogen-bond acceptors (Lipinski definition) is 3. The van der Waals surface area contributed by atoms with Gasteiger partial charge in [-0.2, -0.15) is 0 Å². The maximum atomic E-state index is 11.8. The third-order valence-electron chi connectivity index (χ3n) is 2.74. The largest absolute Gasteiger partial charge is 0.480 e. The fourth-order valence-corrected chi connectivity index (χ4v) is 2.07. The van der Waals surface area contributed by atoms with Crippen molar-refractivity contribution >= 4 is 27.8 Å². The summed E-state index contributed by atoms with van der Waals surface area (Å²) in [5, 5.41) is 11.5. The maximum absolute atomic E-state index is 11.8. The van der Waals surface area contributed by atoms with Gasteiger partial charge < -0.3 is 15.0 Å². The zero-order valence-corrected chi connectivity index (χ0v) is 12.7. The number of carbonyl (C=O) groups excluding carboxylic acids is 1. The Kier molecular flexibility index (Phi) is 6.44. The molecule has 6 nitrogen and oxygen atoms in total. The van der Waals surface area contributed by atoms with E-state index in [-0.39, 0.29) is 12.1 Å². The highest BCUT2D eigenvalue weighted by molar-refractivity contribution is 9.10. The van der Waals surface area contributed by atoms with Crippen LogP contribution in [-0.2, 0) is 16.1 Å². The number of carboxylic acid groups (broad SMARTS) is 1. The smallest absolute Gasteiger partial charge is 0.326 e. The Morgan fingerprint density at radius 1 is 1.45 bits per heavy atom. The molecule has 0 unspecified atom stereocenters. The van der Waals surface area contributed by atoms with Gasteiger partial charge in [-0.25, -0.2) is 4.79 Å². The molecular weight excluding hydrogens is 328 g/mol. The lowest BCUT2D eigenvalue weighted by molar-refractivity contribution is -0.142. The quantitative estimate of drug-likeness (QED) is 0.781. The first-order chi connectivity index (χ1) is 9.43. The lowest BCUT2D eigenvalue weighted by Gasteiger charge is -2.14. The van der Waals surface area contributed by atoms with E-state index >= 15 is 0 Å². The van der Waals surface area contributed by atoms with Crippen LogP contribution in [0.2, 0.25) is 0 Å². The Labute approximate surface area is 124 Å². The number of unbranched alkanes of at least 4 members (excludes halogenated alkanes) is 1. The van der Waals surface area contributed by atoms with Crippen molar-refractivity contribution in [3.8, 4) is 0 Å². The first-order valence-electron chi connectivity index (χ1n) is 6.32. The maximum Gasteiger partial charge on any atom is 0.326 e. The second-order valence-electron chi connectivity index (χ2n) is 4.41. The molecule has 110 valence electrons. The van der Waals surface area contributed by atoms with E-state index in [2.05, 4.69) is 21.2 Å². The number of pyridine rings is 1. The second-order valence-corrected chi connectivity index (χ2v) is 5.33. The summed E-state index contributed by atoms with van der Waals surface area (Å²) in [6, 6.07) is 2.01. The number of amides is 1. The minimum absolute atomic E-state index is 0.200. The lowest BCUT2D eigenvalue weighted by atomic mass is 10.1. The van der Waals surface area contributed by atoms with E-state index in [4.69, 9.17) is 5.11 Å². The summed E-state index contributed by atoms with van der Waals surface area (Å²) in [7, 11) is 0. The SMILES string of the molecule is CCCC[C@H](NC(=O)Cn1cc(Br)ccc1=O)C(=O)O. The van der Waals surface area contributed by atoms with Gasteiger partial charge in [0.2, 0.25) is 5.91 Å². The highest BCUT2D eigenvalue weighted by atomic mass is 79.9. The molecule has 20 heavy (non-hydrogen) atoms. The topological polar surface area (TPSA) is 88.4 Å². The molecule has 0 aliphatic rings. The van der Waals surface area contributed by atoms with Crippen LogP contribution in [0, 0.1) is 0 Å². The zero-order valence-electron chi connectivity index (χ0n) is 11.1. The van der Waals surface area contributed by atoms with Crippen LogP contribution in [-0.4, -0.2) is 27.6 Å². The van der Waals surface area contributed by atoms with Gasteiger partial charge in [0.25, 0.3) is 5.56 Å². The normalized spacial score (nSPS) is 11.9. The summed E-state index contributed by atoms with van der Waals surface area (Å²) in [6.45, 7) is 1.75. The number of nitrogens with one attached hydrogen (secondary N) is 1. The van der Waals surface area contributed by atoms with Gasteiger partial charge in [0.05, 0.1) is 0 Å². The molecule has 0 bridgehead atoms. The van der Waals surface area contributed by atoms with Gasteiger partial charge in [-0.15, -0.1) is 0 Å². The number of nitrogens with zero attached hydrogens (tertiary/aromatic N) is 1. The van der Waals surface area contributed by atoms with Crippen LogP contribution in [0.3, 0.4) is 0 Å². The third kappa shape index (κ3) is 5.16. The van der Waals surface area contributed by atoms with E-state index in [1.54, 1.807) is 6.07 Å². The van der Waals surface area contributed by atoms with Crippen molar-refractivity contribution in [2.45, 2.75) is 38.8 Å². The van der Waals surface area contributed by atoms with Gasteiger partial charge >= 0.3 is 5.97 Å². The van der Waals surface area contributed by atoms with Crippen molar-refractivity contribution in [3.05, 3.63) is 33.2 Å². The second kappa shape index (κ2) is 7.84. The van der Waals surface area contributed by atoms with Crippen molar-refractivity contribution in [1.82, 2.24) is 9.88 Å². The minimum Gasteiger partial charge on any atom is -0.480 e. The number of rotatable bonds is 7. The van der Waals surface area contributed by atoms with Crippen LogP contribution in [0.1, 0.15) is 26.2 Å². The number of carbonyl (C=O) groups is 2. The number of hydrogen-bond donors (Lipinski definition) is 2. The van der Waals surface area contributed by atoms with Gasteiger partial charge in [-0.3, -0.25) is 9.59 Å². The van der Waals surface area contributed by atoms with Crippen molar-refractivity contribution in [1.29, 1.82) is 0 Å². The fraction of sp³-hybridized carbons (Fsp3) is 0.462. The molecule has 7 heteroatoms. The molecule has 0 saturated heterocycles. The van der Waals surface area contributed by atoms with Gasteiger partial charge in [0.1, 0.15) is 12.6 Å². The van der Waals surface area contributed by atoms with Gasteiger partial charge in [0.15, 0.2) is 0 Å². The van der Waals surface area contributed by atoms with Crippen LogP contribution in [0.4, 0.5) is 0 Å². The number of halogens is 1. The Hall–Kier alpha value is -1.63. The molecule has 1 rings (SSSR count). The van der Waals surface area contributed by atoms with Gasteiger partial charge in [-0.1, -0.05) is 19.8 Å². The molecule has 0 aromatic carbocycles. The van der Waals surface area contributed by atoms with Crippen molar-refractivity contribution in [2.75, 3.05) is 0 Å². The monoisotopic (exact) mass is 344 g/mol. The molecular formula is C13H17BrN2O4. The molecule has 1 atom stereocenters. The summed E-state index contributed by atoms with van der Waals surface area (Å²) in [5.74, 6) is -1.55. The Morgan fingerprint density at radius 3 is 2.75 bits per heavy atom. The van der Waals surface area contributed by atoms with Crippen molar-refractivity contribution < 1.29 is 14.7 Å². The fourth-order valence-electron chi connectivity index (χ4n) is 1.69. The number of carboxylic acids is 1. The van der Waals surface area contributed by atoms with E-state index < -0.39 is 17.9 Å². The average Bonchev–Trinajstić information content (AvgIpc) is 2.38. The average molecular weight is 345 g/mol. The van der Waals surface area contributed by atoms with Crippen LogP contribution in [0.15, 0.2) is 27.6 Å². The minimum atomic E-state index is -1.06. The van der Waals surface area contributed by atoms with E-state index in [1.165, 1.54) is 16.8 Å². The molecule has 0 spiro atoms. The van der Waals surface area contributed by atoms with E-state index in [0.29, 0.717) is 17.3 Å². The van der Waals surface area contributed by atoms with E-state index in [9.17, 15) is 14.4 Å². The van der Waals surface area contributed by atoms with Gasteiger partial charge in [-0.05, 0) is 28.4 Å². The van der Waals surface area contributed by atoms with E-state index in [1.807, 2.05) is 6.92 Å². The standard InChI is InChI=1S/C13H17BrN2O4/c1-2-3-4-10(13(19)20)15-11(17)8-16-7-9(14)5-6-12(16)18/h5-7,10H,2-4,8H2,1H3,(H,15,17)(H,19,20)/t10-/m0/s1. The molecule has 0 aliphatic heterocycles. The lowest BCUT2D eigenvalue weighted by Crippen LogP contribution is -2.43. The van der Waals surface area contributed by atoms with Crippen molar-refractivity contribution in [3.63, 3.8) is 0 Å². The summed E-state index contributed by atoms with van der Waals surface area (Å²) in [4.78, 5) is 34.4. The van der Waals surface area contributed by atoms with Crippen LogP contribution in [0.5, 0.6) is 0 Å². The predicted molar refractivity (Wildman–Crippen MR) is 77.5 cm³/mol.